The molecule has 4 heteroatoms. The van der Waals surface area contributed by atoms with Gasteiger partial charge >= 0.3 is 0 Å². The van der Waals surface area contributed by atoms with Gasteiger partial charge in [0.15, 0.2) is 0 Å². The van der Waals surface area contributed by atoms with E-state index < -0.39 is 0 Å². The second-order valence-electron chi connectivity index (χ2n) is 11.5. The van der Waals surface area contributed by atoms with Crippen LogP contribution in [-0.2, 0) is 5.41 Å². The number of ether oxygens (including phenoxy) is 2. The lowest BCUT2D eigenvalue weighted by atomic mass is 9.78. The van der Waals surface area contributed by atoms with Crippen LogP contribution >= 0.6 is 0 Å². The zero-order valence-corrected chi connectivity index (χ0v) is 25.0. The standard InChI is InChI=1S/C35H56O4/c1-35(2,31-19-23-33(24-20-31)38-29-17-13-9-5-3-7-11-15-27-36)32-21-25-34(26-22-32)39-30-18-14-10-6-4-8-12-16-28-37/h19-26,36-37H,3-18,27-30H2,1-2H3. The Labute approximate surface area is 239 Å². The van der Waals surface area contributed by atoms with Crippen LogP contribution < -0.4 is 9.47 Å². The van der Waals surface area contributed by atoms with Crippen molar-refractivity contribution in [1.29, 1.82) is 0 Å². The molecule has 0 fully saturated rings. The summed E-state index contributed by atoms with van der Waals surface area (Å²) in [6.07, 6.45) is 19.0. The molecule has 0 atom stereocenters. The van der Waals surface area contributed by atoms with Crippen molar-refractivity contribution in [3.05, 3.63) is 59.7 Å². The first-order valence-corrected chi connectivity index (χ1v) is 15.8. The van der Waals surface area contributed by atoms with Gasteiger partial charge in [0.05, 0.1) is 13.2 Å². The quantitative estimate of drug-likeness (QED) is 0.130. The third-order valence-corrected chi connectivity index (χ3v) is 7.79. The average molecular weight is 541 g/mol. The number of hydrogen-bond donors (Lipinski definition) is 2. The molecule has 0 spiro atoms. The third-order valence-electron chi connectivity index (χ3n) is 7.79. The summed E-state index contributed by atoms with van der Waals surface area (Å²) in [7, 11) is 0. The van der Waals surface area contributed by atoms with Crippen LogP contribution in [0, 0.1) is 0 Å². The molecule has 0 unspecified atom stereocenters. The van der Waals surface area contributed by atoms with Crippen LogP contribution in [0.25, 0.3) is 0 Å². The zero-order chi connectivity index (χ0) is 28.0. The summed E-state index contributed by atoms with van der Waals surface area (Å²) >= 11 is 0. The first-order valence-electron chi connectivity index (χ1n) is 15.8. The lowest BCUT2D eigenvalue weighted by Crippen LogP contribution is -2.18. The third kappa shape index (κ3) is 14.2. The van der Waals surface area contributed by atoms with Gasteiger partial charge in [0.2, 0.25) is 0 Å². The van der Waals surface area contributed by atoms with Gasteiger partial charge in [-0.1, -0.05) is 115 Å². The Morgan fingerprint density at radius 1 is 0.436 bits per heavy atom. The minimum Gasteiger partial charge on any atom is -0.494 e. The molecule has 0 aliphatic rings. The average Bonchev–Trinajstić information content (AvgIpc) is 2.95. The Morgan fingerprint density at radius 3 is 1.03 bits per heavy atom. The van der Waals surface area contributed by atoms with E-state index in [0.29, 0.717) is 13.2 Å². The molecule has 0 aliphatic heterocycles. The summed E-state index contributed by atoms with van der Waals surface area (Å²) < 4.78 is 12.0. The van der Waals surface area contributed by atoms with Gasteiger partial charge in [-0.25, -0.2) is 0 Å². The molecule has 2 aromatic rings. The number of unbranched alkanes of at least 4 members (excludes halogenated alkanes) is 14. The predicted octanol–water partition coefficient (Wildman–Crippen LogP) is 9.00. The van der Waals surface area contributed by atoms with Crippen LogP contribution in [0.3, 0.4) is 0 Å². The van der Waals surface area contributed by atoms with Gasteiger partial charge in [0.1, 0.15) is 11.5 Å². The molecule has 0 heterocycles. The fraction of sp³-hybridized carbons (Fsp3) is 0.657. The van der Waals surface area contributed by atoms with Crippen molar-refractivity contribution in [3.8, 4) is 11.5 Å². The monoisotopic (exact) mass is 540 g/mol. The predicted molar refractivity (Wildman–Crippen MR) is 164 cm³/mol. The zero-order valence-electron chi connectivity index (χ0n) is 25.0. The van der Waals surface area contributed by atoms with Gasteiger partial charge in [-0.15, -0.1) is 0 Å². The molecule has 4 nitrogen and oxygen atoms in total. The summed E-state index contributed by atoms with van der Waals surface area (Å²) in [4.78, 5) is 0. The van der Waals surface area contributed by atoms with E-state index in [4.69, 9.17) is 19.7 Å². The molecule has 0 saturated heterocycles. The van der Waals surface area contributed by atoms with Crippen molar-refractivity contribution in [2.24, 2.45) is 0 Å². The van der Waals surface area contributed by atoms with Gasteiger partial charge in [0.25, 0.3) is 0 Å². The topological polar surface area (TPSA) is 58.9 Å². The van der Waals surface area contributed by atoms with E-state index in [1.54, 1.807) is 0 Å². The summed E-state index contributed by atoms with van der Waals surface area (Å²) in [6, 6.07) is 17.2. The van der Waals surface area contributed by atoms with Crippen LogP contribution in [-0.4, -0.2) is 36.6 Å². The molecule has 0 amide bonds. The Morgan fingerprint density at radius 2 is 0.718 bits per heavy atom. The molecule has 220 valence electrons. The number of aliphatic hydroxyl groups is 2. The molecule has 2 rings (SSSR count). The molecule has 0 aromatic heterocycles. The van der Waals surface area contributed by atoms with Crippen LogP contribution in [0.5, 0.6) is 11.5 Å². The van der Waals surface area contributed by atoms with E-state index in [1.807, 2.05) is 0 Å². The van der Waals surface area contributed by atoms with Gasteiger partial charge in [-0.05, 0) is 61.1 Å². The minimum atomic E-state index is -0.0919. The van der Waals surface area contributed by atoms with E-state index in [9.17, 15) is 0 Å². The highest BCUT2D eigenvalue weighted by atomic mass is 16.5. The van der Waals surface area contributed by atoms with Crippen LogP contribution in [0.2, 0.25) is 0 Å². The Kier molecular flexibility index (Phi) is 17.7. The first-order chi connectivity index (χ1) is 19.1. The molecule has 2 aromatic carbocycles. The maximum absolute atomic E-state index is 8.82. The highest BCUT2D eigenvalue weighted by molar-refractivity contribution is 5.41. The van der Waals surface area contributed by atoms with Crippen LogP contribution in [0.15, 0.2) is 48.5 Å². The van der Waals surface area contributed by atoms with Crippen molar-refractivity contribution in [2.75, 3.05) is 26.4 Å². The highest BCUT2D eigenvalue weighted by Gasteiger charge is 2.23. The van der Waals surface area contributed by atoms with Gasteiger partial charge in [0, 0.05) is 18.6 Å². The summed E-state index contributed by atoms with van der Waals surface area (Å²) in [6.45, 7) is 6.75. The molecule has 2 N–H and O–H groups in total. The van der Waals surface area contributed by atoms with Crippen molar-refractivity contribution in [1.82, 2.24) is 0 Å². The van der Waals surface area contributed by atoms with Crippen molar-refractivity contribution >= 4 is 0 Å². The number of hydrogen-bond acceptors (Lipinski definition) is 4. The maximum Gasteiger partial charge on any atom is 0.119 e. The first kappa shape index (κ1) is 33.2. The van der Waals surface area contributed by atoms with Gasteiger partial charge in [-0.2, -0.15) is 0 Å². The van der Waals surface area contributed by atoms with E-state index in [1.165, 1.54) is 75.3 Å². The number of benzene rings is 2. The summed E-state index contributed by atoms with van der Waals surface area (Å²) in [5.41, 5.74) is 2.47. The summed E-state index contributed by atoms with van der Waals surface area (Å²) in [5.74, 6) is 1.90. The van der Waals surface area contributed by atoms with Crippen LogP contribution in [0.4, 0.5) is 0 Å². The Hall–Kier alpha value is -2.04. The fourth-order valence-corrected chi connectivity index (χ4v) is 5.03. The fourth-order valence-electron chi connectivity index (χ4n) is 5.03. The lowest BCUT2D eigenvalue weighted by molar-refractivity contribution is 0.281. The Balaban J connectivity index is 1.63. The molecular weight excluding hydrogens is 484 g/mol. The summed E-state index contributed by atoms with van der Waals surface area (Å²) in [5, 5.41) is 17.6. The SMILES string of the molecule is CC(C)(c1ccc(OCCCCCCCCCCO)cc1)c1ccc(OCCCCCCCCCCO)cc1. The molecule has 0 bridgehead atoms. The van der Waals surface area contributed by atoms with Crippen LogP contribution in [0.1, 0.15) is 128 Å². The van der Waals surface area contributed by atoms with E-state index in [2.05, 4.69) is 62.4 Å². The largest absolute Gasteiger partial charge is 0.494 e. The maximum atomic E-state index is 8.82. The molecule has 39 heavy (non-hydrogen) atoms. The van der Waals surface area contributed by atoms with Gasteiger partial charge < -0.3 is 19.7 Å². The smallest absolute Gasteiger partial charge is 0.119 e. The number of aliphatic hydroxyl groups excluding tert-OH is 2. The van der Waals surface area contributed by atoms with Crippen molar-refractivity contribution in [3.63, 3.8) is 0 Å². The molecule has 0 saturated carbocycles. The number of rotatable bonds is 24. The highest BCUT2D eigenvalue weighted by Crippen LogP contribution is 2.33. The molecule has 0 radical (unpaired) electrons. The van der Waals surface area contributed by atoms with E-state index in [-0.39, 0.29) is 5.41 Å². The molecule has 0 aliphatic carbocycles. The lowest BCUT2D eigenvalue weighted by Gasteiger charge is -2.26. The van der Waals surface area contributed by atoms with Crippen molar-refractivity contribution in [2.45, 2.75) is 122 Å². The van der Waals surface area contributed by atoms with Gasteiger partial charge in [-0.3, -0.25) is 0 Å². The van der Waals surface area contributed by atoms with E-state index in [0.717, 1.165) is 63.2 Å². The second-order valence-corrected chi connectivity index (χ2v) is 11.5. The normalized spacial score (nSPS) is 11.6. The second kappa shape index (κ2) is 20.8. The van der Waals surface area contributed by atoms with Crippen molar-refractivity contribution < 1.29 is 19.7 Å². The van der Waals surface area contributed by atoms with E-state index >= 15 is 0 Å². The minimum absolute atomic E-state index is 0.0919. The molecular formula is C35H56O4. The Bertz CT molecular complexity index is 759.